The van der Waals surface area contributed by atoms with Gasteiger partial charge in [0.25, 0.3) is 0 Å². The van der Waals surface area contributed by atoms with Crippen LogP contribution in [-0.4, -0.2) is 53.2 Å². The van der Waals surface area contributed by atoms with Crippen LogP contribution in [-0.2, 0) is 38.7 Å². The Labute approximate surface area is 233 Å². The lowest BCUT2D eigenvalue weighted by atomic mass is 10.1. The van der Waals surface area contributed by atoms with Crippen molar-refractivity contribution in [2.24, 2.45) is 5.92 Å². The number of aliphatic hydroxyl groups is 1. The number of amides is 2. The van der Waals surface area contributed by atoms with Gasteiger partial charge in [0.2, 0.25) is 0 Å². The molecule has 9 heteroatoms. The number of aliphatic hydroxyl groups excluding tert-OH is 1. The molecule has 3 aromatic carbocycles. The molecule has 0 fully saturated rings. The first kappa shape index (κ1) is 30.3. The molecule has 0 radical (unpaired) electrons. The molecule has 0 aromatic heterocycles. The molecule has 0 bridgehead atoms. The van der Waals surface area contributed by atoms with Gasteiger partial charge in [-0.05, 0) is 34.7 Å². The van der Waals surface area contributed by atoms with E-state index in [1.165, 1.54) is 29.2 Å². The van der Waals surface area contributed by atoms with Crippen molar-refractivity contribution in [3.05, 3.63) is 107 Å². The minimum absolute atomic E-state index is 0.00105. The van der Waals surface area contributed by atoms with E-state index in [4.69, 9.17) is 9.47 Å². The standard InChI is InChI=1S/C31H35FN2O6/c1-22(2)18-34(19-28(35)30(37)40-21-25-11-7-4-8-12-25)31(38)33-27(17-23-13-15-26(32)16-14-23)29(36)39-20-24-9-5-3-6-10-24/h3-16,22,27-28,35H,17-21H2,1-2H3,(H,33,38). The molecular formula is C31H35FN2O6. The molecule has 0 heterocycles. The van der Waals surface area contributed by atoms with E-state index in [-0.39, 0.29) is 38.6 Å². The van der Waals surface area contributed by atoms with Crippen LogP contribution in [0.15, 0.2) is 84.9 Å². The fourth-order valence-electron chi connectivity index (χ4n) is 3.91. The highest BCUT2D eigenvalue weighted by atomic mass is 19.1. The minimum atomic E-state index is -1.59. The summed E-state index contributed by atoms with van der Waals surface area (Å²) >= 11 is 0. The van der Waals surface area contributed by atoms with Gasteiger partial charge in [0.1, 0.15) is 25.1 Å². The average Bonchev–Trinajstić information content (AvgIpc) is 2.95. The molecule has 0 aliphatic rings. The van der Waals surface area contributed by atoms with Crippen molar-refractivity contribution in [2.75, 3.05) is 13.1 Å². The number of halogens is 1. The molecule has 0 saturated heterocycles. The van der Waals surface area contributed by atoms with Crippen LogP contribution in [0.3, 0.4) is 0 Å². The summed E-state index contributed by atoms with van der Waals surface area (Å²) in [4.78, 5) is 40.1. The first-order valence-corrected chi connectivity index (χ1v) is 13.1. The van der Waals surface area contributed by atoms with Gasteiger partial charge in [-0.25, -0.2) is 18.8 Å². The third-order valence-corrected chi connectivity index (χ3v) is 5.92. The zero-order chi connectivity index (χ0) is 28.9. The van der Waals surface area contributed by atoms with Gasteiger partial charge in [-0.15, -0.1) is 0 Å². The van der Waals surface area contributed by atoms with Crippen molar-refractivity contribution < 1.29 is 33.4 Å². The van der Waals surface area contributed by atoms with Crippen LogP contribution in [0.5, 0.6) is 0 Å². The van der Waals surface area contributed by atoms with E-state index in [1.807, 2.05) is 62.4 Å². The second kappa shape index (κ2) is 15.4. The number of nitrogens with zero attached hydrogens (tertiary/aromatic N) is 1. The Morgan fingerprint density at radius 3 is 1.82 bits per heavy atom. The number of ether oxygens (including phenoxy) is 2. The Kier molecular flexibility index (Phi) is 11.6. The monoisotopic (exact) mass is 550 g/mol. The van der Waals surface area contributed by atoms with Crippen molar-refractivity contribution in [3.8, 4) is 0 Å². The summed E-state index contributed by atoms with van der Waals surface area (Å²) in [6, 6.07) is 22.0. The molecule has 212 valence electrons. The van der Waals surface area contributed by atoms with E-state index in [0.29, 0.717) is 5.56 Å². The molecule has 3 rings (SSSR count). The maximum Gasteiger partial charge on any atom is 0.337 e. The van der Waals surface area contributed by atoms with E-state index in [2.05, 4.69) is 5.32 Å². The minimum Gasteiger partial charge on any atom is -0.459 e. The molecule has 2 unspecified atom stereocenters. The zero-order valence-corrected chi connectivity index (χ0v) is 22.7. The highest BCUT2D eigenvalue weighted by Gasteiger charge is 2.29. The Morgan fingerprint density at radius 1 is 0.775 bits per heavy atom. The van der Waals surface area contributed by atoms with Crippen molar-refractivity contribution in [3.63, 3.8) is 0 Å². The van der Waals surface area contributed by atoms with Gasteiger partial charge in [-0.1, -0.05) is 86.6 Å². The fourth-order valence-corrected chi connectivity index (χ4v) is 3.91. The normalized spacial score (nSPS) is 12.3. The summed E-state index contributed by atoms with van der Waals surface area (Å²) in [6.07, 6.45) is -1.54. The van der Waals surface area contributed by atoms with Crippen LogP contribution < -0.4 is 5.32 Å². The summed E-state index contributed by atoms with van der Waals surface area (Å²) in [5, 5.41) is 13.2. The topological polar surface area (TPSA) is 105 Å². The van der Waals surface area contributed by atoms with E-state index >= 15 is 0 Å². The average molecular weight is 551 g/mol. The van der Waals surface area contributed by atoms with Crippen LogP contribution in [0.25, 0.3) is 0 Å². The Balaban J connectivity index is 1.68. The smallest absolute Gasteiger partial charge is 0.337 e. The molecule has 0 aliphatic carbocycles. The summed E-state index contributed by atoms with van der Waals surface area (Å²) < 4.78 is 24.1. The van der Waals surface area contributed by atoms with Crippen LogP contribution in [0, 0.1) is 11.7 Å². The number of carbonyl (C=O) groups is 3. The number of rotatable bonds is 13. The van der Waals surface area contributed by atoms with Crippen molar-refractivity contribution in [1.82, 2.24) is 10.2 Å². The molecule has 8 nitrogen and oxygen atoms in total. The van der Waals surface area contributed by atoms with Gasteiger partial charge in [0, 0.05) is 13.0 Å². The number of esters is 2. The lowest BCUT2D eigenvalue weighted by Crippen LogP contribution is -2.52. The van der Waals surface area contributed by atoms with Crippen molar-refractivity contribution in [1.29, 1.82) is 0 Å². The molecule has 0 aliphatic heterocycles. The Hall–Kier alpha value is -4.24. The van der Waals surface area contributed by atoms with Crippen LogP contribution in [0.4, 0.5) is 9.18 Å². The summed E-state index contributed by atoms with van der Waals surface area (Å²) in [5.74, 6) is -1.96. The number of benzene rings is 3. The predicted octanol–water partition coefficient (Wildman–Crippen LogP) is 4.25. The van der Waals surface area contributed by atoms with Crippen LogP contribution in [0.1, 0.15) is 30.5 Å². The summed E-state index contributed by atoms with van der Waals surface area (Å²) in [7, 11) is 0. The van der Waals surface area contributed by atoms with Gasteiger partial charge in [-0.2, -0.15) is 0 Å². The van der Waals surface area contributed by atoms with Crippen LogP contribution >= 0.6 is 0 Å². The second-order valence-corrected chi connectivity index (χ2v) is 9.83. The van der Waals surface area contributed by atoms with Crippen molar-refractivity contribution in [2.45, 2.75) is 45.6 Å². The van der Waals surface area contributed by atoms with E-state index < -0.39 is 35.9 Å². The summed E-state index contributed by atoms with van der Waals surface area (Å²) in [5.41, 5.74) is 2.15. The number of hydrogen-bond acceptors (Lipinski definition) is 6. The van der Waals surface area contributed by atoms with Gasteiger partial charge < -0.3 is 24.8 Å². The SMILES string of the molecule is CC(C)CN(CC(O)C(=O)OCc1ccccc1)C(=O)NC(Cc1ccc(F)cc1)C(=O)OCc1ccccc1. The van der Waals surface area contributed by atoms with Gasteiger partial charge in [-0.3, -0.25) is 0 Å². The molecule has 2 atom stereocenters. The maximum absolute atomic E-state index is 13.4. The van der Waals surface area contributed by atoms with Gasteiger partial charge in [0.15, 0.2) is 6.10 Å². The fraction of sp³-hybridized carbons (Fsp3) is 0.323. The number of carbonyl (C=O) groups excluding carboxylic acids is 3. The molecule has 3 aromatic rings. The van der Waals surface area contributed by atoms with Crippen molar-refractivity contribution >= 4 is 18.0 Å². The quantitative estimate of drug-likeness (QED) is 0.308. The third-order valence-electron chi connectivity index (χ3n) is 5.92. The van der Waals surface area contributed by atoms with Crippen LogP contribution in [0.2, 0.25) is 0 Å². The molecule has 2 amide bonds. The molecule has 0 saturated carbocycles. The van der Waals surface area contributed by atoms with E-state index in [1.54, 1.807) is 12.1 Å². The number of nitrogens with one attached hydrogen (secondary N) is 1. The first-order valence-electron chi connectivity index (χ1n) is 13.1. The van der Waals surface area contributed by atoms with E-state index in [0.717, 1.165) is 11.1 Å². The third kappa shape index (κ3) is 10.1. The lowest BCUT2D eigenvalue weighted by molar-refractivity contribution is -0.155. The summed E-state index contributed by atoms with van der Waals surface area (Å²) in [6.45, 7) is 3.63. The zero-order valence-electron chi connectivity index (χ0n) is 22.7. The largest absolute Gasteiger partial charge is 0.459 e. The van der Waals surface area contributed by atoms with Gasteiger partial charge in [0.05, 0.1) is 6.54 Å². The molecule has 40 heavy (non-hydrogen) atoms. The number of urea groups is 1. The molecular weight excluding hydrogens is 515 g/mol. The highest BCUT2D eigenvalue weighted by Crippen LogP contribution is 2.11. The maximum atomic E-state index is 13.4. The highest BCUT2D eigenvalue weighted by molar-refractivity contribution is 5.84. The number of hydrogen-bond donors (Lipinski definition) is 2. The Morgan fingerprint density at radius 2 is 1.30 bits per heavy atom. The van der Waals surface area contributed by atoms with Gasteiger partial charge >= 0.3 is 18.0 Å². The molecule has 0 spiro atoms. The van der Waals surface area contributed by atoms with E-state index in [9.17, 15) is 23.9 Å². The second-order valence-electron chi connectivity index (χ2n) is 9.83. The molecule has 2 N–H and O–H groups in total. The predicted molar refractivity (Wildman–Crippen MR) is 147 cm³/mol. The first-order chi connectivity index (χ1) is 19.2. The lowest BCUT2D eigenvalue weighted by Gasteiger charge is -2.28. The Bertz CT molecular complexity index is 1220.